The third kappa shape index (κ3) is 3.78. The van der Waals surface area contributed by atoms with E-state index < -0.39 is 0 Å². The van der Waals surface area contributed by atoms with Gasteiger partial charge >= 0.3 is 0 Å². The maximum Gasteiger partial charge on any atom is 0.274 e. The molecule has 1 N–H and O–H groups in total. The number of fused-ring (bicyclic) bond motifs is 1. The van der Waals surface area contributed by atoms with Gasteiger partial charge in [-0.05, 0) is 49.9 Å². The molecule has 1 aromatic heterocycles. The van der Waals surface area contributed by atoms with E-state index in [0.29, 0.717) is 5.69 Å². The first kappa shape index (κ1) is 17.5. The largest absolute Gasteiger partial charge is 0.369 e. The molecular weight excluding hydrogens is 336 g/mol. The zero-order valence-electron chi connectivity index (χ0n) is 15.8. The van der Waals surface area contributed by atoms with Gasteiger partial charge in [-0.15, -0.1) is 0 Å². The number of carbonyl (C=O) groups is 1. The summed E-state index contributed by atoms with van der Waals surface area (Å²) in [6.07, 6.45) is 0. The normalized spacial score (nSPS) is 15.1. The Hall–Kier alpha value is -2.92. The minimum absolute atomic E-state index is 0.184. The summed E-state index contributed by atoms with van der Waals surface area (Å²) in [5.74, 6) is -0.184. The van der Waals surface area contributed by atoms with Crippen molar-refractivity contribution in [3.05, 3.63) is 65.9 Å². The first-order chi connectivity index (χ1) is 13.1. The fourth-order valence-electron chi connectivity index (χ4n) is 3.43. The number of piperazine rings is 1. The van der Waals surface area contributed by atoms with E-state index in [1.807, 2.05) is 43.3 Å². The van der Waals surface area contributed by atoms with Crippen molar-refractivity contribution in [3.63, 3.8) is 0 Å². The van der Waals surface area contributed by atoms with Crippen LogP contribution in [0.25, 0.3) is 10.9 Å². The van der Waals surface area contributed by atoms with Crippen molar-refractivity contribution < 1.29 is 4.79 Å². The number of amides is 1. The van der Waals surface area contributed by atoms with Crippen LogP contribution in [0.15, 0.2) is 54.6 Å². The van der Waals surface area contributed by atoms with Gasteiger partial charge in [-0.25, -0.2) is 4.98 Å². The van der Waals surface area contributed by atoms with Gasteiger partial charge in [-0.3, -0.25) is 4.79 Å². The van der Waals surface area contributed by atoms with Gasteiger partial charge in [0.2, 0.25) is 0 Å². The van der Waals surface area contributed by atoms with Crippen molar-refractivity contribution in [2.45, 2.75) is 6.92 Å². The van der Waals surface area contributed by atoms with Crippen LogP contribution in [-0.2, 0) is 0 Å². The highest BCUT2D eigenvalue weighted by atomic mass is 16.1. The van der Waals surface area contributed by atoms with E-state index in [2.05, 4.69) is 39.3 Å². The molecule has 0 saturated carbocycles. The summed E-state index contributed by atoms with van der Waals surface area (Å²) < 4.78 is 0. The van der Waals surface area contributed by atoms with Crippen molar-refractivity contribution in [1.29, 1.82) is 0 Å². The molecule has 0 aliphatic carbocycles. The van der Waals surface area contributed by atoms with Crippen molar-refractivity contribution in [2.24, 2.45) is 0 Å². The highest BCUT2D eigenvalue weighted by Crippen LogP contribution is 2.24. The van der Waals surface area contributed by atoms with Crippen LogP contribution in [0.3, 0.4) is 0 Å². The molecular formula is C22H24N4O. The lowest BCUT2D eigenvalue weighted by Crippen LogP contribution is -2.44. The lowest BCUT2D eigenvalue weighted by molar-refractivity contribution is 0.102. The number of pyridine rings is 1. The molecule has 0 atom stereocenters. The van der Waals surface area contributed by atoms with Crippen LogP contribution in [0.5, 0.6) is 0 Å². The molecule has 0 spiro atoms. The lowest BCUT2D eigenvalue weighted by atomic mass is 10.1. The van der Waals surface area contributed by atoms with Crippen LogP contribution in [0.4, 0.5) is 11.4 Å². The van der Waals surface area contributed by atoms with Gasteiger partial charge in [0.15, 0.2) is 0 Å². The van der Waals surface area contributed by atoms with Crippen LogP contribution in [-0.4, -0.2) is 49.0 Å². The average Bonchev–Trinajstić information content (AvgIpc) is 2.69. The predicted molar refractivity (Wildman–Crippen MR) is 111 cm³/mol. The predicted octanol–water partition coefficient (Wildman–Crippen LogP) is 3.55. The molecule has 3 aromatic rings. The average molecular weight is 360 g/mol. The van der Waals surface area contributed by atoms with Gasteiger partial charge in [0.1, 0.15) is 5.69 Å². The number of hydrogen-bond acceptors (Lipinski definition) is 4. The number of anilines is 2. The number of aromatic nitrogens is 1. The third-order valence-corrected chi connectivity index (χ3v) is 5.16. The Labute approximate surface area is 159 Å². The summed E-state index contributed by atoms with van der Waals surface area (Å²) in [5, 5.41) is 4.03. The Kier molecular flexibility index (Phi) is 4.77. The number of likely N-dealkylation sites (N-methyl/N-ethyl adjacent to an activating group) is 1. The fraction of sp³-hybridized carbons (Fsp3) is 0.273. The molecule has 27 heavy (non-hydrogen) atoms. The number of hydrogen-bond donors (Lipinski definition) is 1. The van der Waals surface area contributed by atoms with E-state index in [9.17, 15) is 4.79 Å². The summed E-state index contributed by atoms with van der Waals surface area (Å²) in [5.41, 5.74) is 4.35. The van der Waals surface area contributed by atoms with Gasteiger partial charge in [0.05, 0.1) is 5.52 Å². The van der Waals surface area contributed by atoms with E-state index >= 15 is 0 Å². The molecule has 0 unspecified atom stereocenters. The maximum atomic E-state index is 12.6. The van der Waals surface area contributed by atoms with E-state index in [-0.39, 0.29) is 5.91 Å². The van der Waals surface area contributed by atoms with Crippen LogP contribution >= 0.6 is 0 Å². The highest BCUT2D eigenvalue weighted by molar-refractivity contribution is 6.04. The molecule has 4 rings (SSSR count). The first-order valence-electron chi connectivity index (χ1n) is 9.31. The summed E-state index contributed by atoms with van der Waals surface area (Å²) in [4.78, 5) is 21.9. The number of nitrogens with zero attached hydrogens (tertiary/aromatic N) is 3. The summed E-state index contributed by atoms with van der Waals surface area (Å²) in [6, 6.07) is 17.7. The number of rotatable bonds is 3. The Morgan fingerprint density at radius 2 is 1.78 bits per heavy atom. The number of nitrogens with one attached hydrogen (secondary N) is 1. The molecule has 1 amide bonds. The molecule has 1 aliphatic heterocycles. The molecule has 2 aromatic carbocycles. The van der Waals surface area contributed by atoms with Crippen LogP contribution < -0.4 is 10.2 Å². The minimum atomic E-state index is -0.184. The van der Waals surface area contributed by atoms with E-state index in [1.54, 1.807) is 6.07 Å². The zero-order valence-corrected chi connectivity index (χ0v) is 15.8. The SMILES string of the molecule is Cc1cc(N2CCN(C)CC2)ccc1NC(=O)c1ccc2ccccc2n1. The van der Waals surface area contributed by atoms with E-state index in [4.69, 9.17) is 0 Å². The minimum Gasteiger partial charge on any atom is -0.369 e. The molecule has 2 heterocycles. The second kappa shape index (κ2) is 7.37. The van der Waals surface area contributed by atoms with Crippen molar-refractivity contribution >= 4 is 28.2 Å². The van der Waals surface area contributed by atoms with E-state index in [1.165, 1.54) is 5.69 Å². The fourth-order valence-corrected chi connectivity index (χ4v) is 3.43. The Morgan fingerprint density at radius 1 is 1.00 bits per heavy atom. The molecule has 1 aliphatic rings. The van der Waals surface area contributed by atoms with E-state index in [0.717, 1.165) is 48.3 Å². The van der Waals surface area contributed by atoms with Gasteiger partial charge < -0.3 is 15.1 Å². The second-order valence-electron chi connectivity index (χ2n) is 7.13. The number of carbonyl (C=O) groups excluding carboxylic acids is 1. The van der Waals surface area contributed by atoms with Crippen molar-refractivity contribution in [2.75, 3.05) is 43.4 Å². The first-order valence-corrected chi connectivity index (χ1v) is 9.31. The van der Waals surface area contributed by atoms with Crippen molar-refractivity contribution in [1.82, 2.24) is 9.88 Å². The molecule has 0 radical (unpaired) electrons. The third-order valence-electron chi connectivity index (χ3n) is 5.16. The summed E-state index contributed by atoms with van der Waals surface area (Å²) >= 11 is 0. The van der Waals surface area contributed by atoms with Gasteiger partial charge in [-0.2, -0.15) is 0 Å². The monoisotopic (exact) mass is 360 g/mol. The van der Waals surface area contributed by atoms with Gasteiger partial charge in [0, 0.05) is 42.9 Å². The summed E-state index contributed by atoms with van der Waals surface area (Å²) in [6.45, 7) is 6.24. The Bertz CT molecular complexity index is 977. The molecule has 5 nitrogen and oxygen atoms in total. The zero-order chi connectivity index (χ0) is 18.8. The number of benzene rings is 2. The lowest BCUT2D eigenvalue weighted by Gasteiger charge is -2.34. The maximum absolute atomic E-state index is 12.6. The number of para-hydroxylation sites is 1. The van der Waals surface area contributed by atoms with Crippen molar-refractivity contribution in [3.8, 4) is 0 Å². The standard InChI is InChI=1S/C22H24N4O/c1-16-15-18(26-13-11-25(2)12-14-26)8-10-19(16)24-22(27)21-9-7-17-5-3-4-6-20(17)23-21/h3-10,15H,11-14H2,1-2H3,(H,24,27). The van der Waals surface area contributed by atoms with Gasteiger partial charge in [0.25, 0.3) is 5.91 Å². The Morgan fingerprint density at radius 3 is 2.56 bits per heavy atom. The molecule has 5 heteroatoms. The summed E-state index contributed by atoms with van der Waals surface area (Å²) in [7, 11) is 2.15. The quantitative estimate of drug-likeness (QED) is 0.776. The molecule has 138 valence electrons. The molecule has 0 bridgehead atoms. The van der Waals surface area contributed by atoms with Crippen LogP contribution in [0, 0.1) is 6.92 Å². The second-order valence-corrected chi connectivity index (χ2v) is 7.13. The van der Waals surface area contributed by atoms with Crippen LogP contribution in [0.2, 0.25) is 0 Å². The van der Waals surface area contributed by atoms with Crippen LogP contribution in [0.1, 0.15) is 16.1 Å². The smallest absolute Gasteiger partial charge is 0.274 e. The topological polar surface area (TPSA) is 48.5 Å². The van der Waals surface area contributed by atoms with Gasteiger partial charge in [-0.1, -0.05) is 24.3 Å². The highest BCUT2D eigenvalue weighted by Gasteiger charge is 2.16. The number of aryl methyl sites for hydroxylation is 1. The molecule has 1 saturated heterocycles. The molecule has 1 fully saturated rings. The Balaban J connectivity index is 1.50.